The van der Waals surface area contributed by atoms with Crippen LogP contribution in [0.15, 0.2) is 48.5 Å². The number of hydrogen-bond acceptors (Lipinski definition) is 3. The predicted molar refractivity (Wildman–Crippen MR) is 100 cm³/mol. The Balaban J connectivity index is 1.69. The monoisotopic (exact) mass is 366 g/mol. The smallest absolute Gasteiger partial charge is 0.261 e. The minimum absolute atomic E-state index is 0.0768. The van der Waals surface area contributed by atoms with E-state index < -0.39 is 0 Å². The first-order valence-corrected chi connectivity index (χ1v) is 9.32. The van der Waals surface area contributed by atoms with Gasteiger partial charge in [-0.25, -0.2) is 4.39 Å². The zero-order valence-electron chi connectivity index (χ0n) is 15.2. The van der Waals surface area contributed by atoms with Crippen LogP contribution in [0.4, 0.5) is 4.39 Å². The van der Waals surface area contributed by atoms with Crippen LogP contribution in [0.2, 0.25) is 0 Å². The lowest BCUT2D eigenvalue weighted by molar-refractivity contribution is -0.137. The number of nitriles is 1. The summed E-state index contributed by atoms with van der Waals surface area (Å²) in [5.41, 5.74) is 1.40. The van der Waals surface area contributed by atoms with Gasteiger partial charge in [-0.2, -0.15) is 5.26 Å². The molecule has 0 aliphatic heterocycles. The Labute approximate surface area is 159 Å². The van der Waals surface area contributed by atoms with E-state index in [0.717, 1.165) is 31.2 Å². The molecule has 0 atom stereocenters. The summed E-state index contributed by atoms with van der Waals surface area (Å²) in [4.78, 5) is 14.8. The van der Waals surface area contributed by atoms with Crippen molar-refractivity contribution in [3.8, 4) is 11.8 Å². The minimum Gasteiger partial charge on any atom is -0.484 e. The summed E-state index contributed by atoms with van der Waals surface area (Å²) in [6.45, 7) is 0.373. The average Bonchev–Trinajstić information content (AvgIpc) is 2.72. The van der Waals surface area contributed by atoms with Gasteiger partial charge in [0, 0.05) is 12.6 Å². The van der Waals surface area contributed by atoms with E-state index in [1.165, 1.54) is 18.6 Å². The molecule has 1 aliphatic carbocycles. The van der Waals surface area contributed by atoms with E-state index in [1.807, 2.05) is 4.90 Å². The zero-order valence-corrected chi connectivity index (χ0v) is 15.2. The summed E-state index contributed by atoms with van der Waals surface area (Å²) in [7, 11) is 0. The quantitative estimate of drug-likeness (QED) is 0.759. The van der Waals surface area contributed by atoms with Crippen molar-refractivity contribution in [1.82, 2.24) is 4.90 Å². The van der Waals surface area contributed by atoms with Crippen LogP contribution >= 0.6 is 0 Å². The maximum absolute atomic E-state index is 13.2. The molecule has 1 fully saturated rings. The third-order valence-corrected chi connectivity index (χ3v) is 4.93. The number of halogens is 1. The fraction of sp³-hybridized carbons (Fsp3) is 0.364. The zero-order chi connectivity index (χ0) is 19.1. The molecular weight excluding hydrogens is 343 g/mol. The van der Waals surface area contributed by atoms with Gasteiger partial charge in [0.2, 0.25) is 0 Å². The number of ether oxygens (including phenoxy) is 1. The van der Waals surface area contributed by atoms with E-state index in [1.54, 1.807) is 36.4 Å². The van der Waals surface area contributed by atoms with Crippen LogP contribution in [0, 0.1) is 17.1 Å². The summed E-state index contributed by atoms with van der Waals surface area (Å²) in [6.07, 6.45) is 5.39. The van der Waals surface area contributed by atoms with Gasteiger partial charge in [0.1, 0.15) is 11.6 Å². The molecule has 0 spiro atoms. The number of nitrogens with zero attached hydrogens (tertiary/aromatic N) is 2. The number of carbonyl (C=O) groups is 1. The summed E-state index contributed by atoms with van der Waals surface area (Å²) < 4.78 is 18.8. The second-order valence-corrected chi connectivity index (χ2v) is 6.87. The van der Waals surface area contributed by atoms with Gasteiger partial charge in [-0.3, -0.25) is 4.79 Å². The molecule has 0 saturated heterocycles. The summed E-state index contributed by atoms with van der Waals surface area (Å²) in [5, 5.41) is 8.97. The van der Waals surface area contributed by atoms with E-state index in [4.69, 9.17) is 10.00 Å². The summed E-state index contributed by atoms with van der Waals surface area (Å²) in [5.74, 6) is 0.136. The molecule has 2 aromatic rings. The molecule has 4 nitrogen and oxygen atoms in total. The highest BCUT2D eigenvalue weighted by Gasteiger charge is 2.26. The van der Waals surface area contributed by atoms with Gasteiger partial charge in [0.15, 0.2) is 6.61 Å². The van der Waals surface area contributed by atoms with Crippen molar-refractivity contribution in [3.05, 3.63) is 65.5 Å². The third kappa shape index (κ3) is 5.30. The van der Waals surface area contributed by atoms with Crippen molar-refractivity contribution in [1.29, 1.82) is 5.26 Å². The topological polar surface area (TPSA) is 53.3 Å². The van der Waals surface area contributed by atoms with E-state index in [-0.39, 0.29) is 24.4 Å². The molecule has 1 saturated carbocycles. The van der Waals surface area contributed by atoms with Gasteiger partial charge in [-0.15, -0.1) is 0 Å². The van der Waals surface area contributed by atoms with Crippen LogP contribution in [0.25, 0.3) is 0 Å². The van der Waals surface area contributed by atoms with E-state index in [2.05, 4.69) is 6.07 Å². The van der Waals surface area contributed by atoms with Crippen LogP contribution in [-0.2, 0) is 11.3 Å². The molecule has 0 aromatic heterocycles. The largest absolute Gasteiger partial charge is 0.484 e. The van der Waals surface area contributed by atoms with Crippen LogP contribution in [0.5, 0.6) is 5.75 Å². The molecule has 2 aromatic carbocycles. The maximum atomic E-state index is 13.2. The van der Waals surface area contributed by atoms with E-state index in [0.29, 0.717) is 17.9 Å². The SMILES string of the molecule is N#Cc1cccc(OCC(=O)N(Cc2ccc(F)cc2)C2CCCCC2)c1. The van der Waals surface area contributed by atoms with E-state index >= 15 is 0 Å². The Morgan fingerprint density at radius 1 is 1.15 bits per heavy atom. The van der Waals surface area contributed by atoms with Gasteiger partial charge in [0.25, 0.3) is 5.91 Å². The number of benzene rings is 2. The average molecular weight is 366 g/mol. The Morgan fingerprint density at radius 3 is 2.59 bits per heavy atom. The van der Waals surface area contributed by atoms with E-state index in [9.17, 15) is 9.18 Å². The second-order valence-electron chi connectivity index (χ2n) is 6.87. The number of rotatable bonds is 6. The minimum atomic E-state index is -0.282. The first-order valence-electron chi connectivity index (χ1n) is 9.32. The standard InChI is InChI=1S/C22H23FN2O2/c23-19-11-9-17(10-12-19)15-25(20-6-2-1-3-7-20)22(26)16-27-21-8-4-5-18(13-21)14-24/h4-5,8-13,20H,1-3,6-7,15-16H2. The van der Waals surface area contributed by atoms with Crippen molar-refractivity contribution >= 4 is 5.91 Å². The first-order chi connectivity index (χ1) is 13.2. The van der Waals surface area contributed by atoms with Gasteiger partial charge in [-0.05, 0) is 48.7 Å². The van der Waals surface area contributed by atoms with Crippen molar-refractivity contribution in [3.63, 3.8) is 0 Å². The lowest BCUT2D eigenvalue weighted by Gasteiger charge is -2.34. The molecule has 140 valence electrons. The van der Waals surface area contributed by atoms with Crippen molar-refractivity contribution in [2.45, 2.75) is 44.7 Å². The summed E-state index contributed by atoms with van der Waals surface area (Å²) in [6, 6.07) is 15.3. The Hall–Kier alpha value is -2.87. The molecule has 27 heavy (non-hydrogen) atoms. The molecule has 0 N–H and O–H groups in total. The fourth-order valence-electron chi connectivity index (χ4n) is 3.48. The van der Waals surface area contributed by atoms with Crippen molar-refractivity contribution in [2.75, 3.05) is 6.61 Å². The van der Waals surface area contributed by atoms with Gasteiger partial charge < -0.3 is 9.64 Å². The summed E-state index contributed by atoms with van der Waals surface area (Å²) >= 11 is 0. The number of amides is 1. The highest BCUT2D eigenvalue weighted by atomic mass is 19.1. The molecule has 0 heterocycles. The van der Waals surface area contributed by atoms with Gasteiger partial charge in [0.05, 0.1) is 11.6 Å². The third-order valence-electron chi connectivity index (χ3n) is 4.93. The fourth-order valence-corrected chi connectivity index (χ4v) is 3.48. The van der Waals surface area contributed by atoms with Crippen molar-refractivity contribution < 1.29 is 13.9 Å². The highest BCUT2D eigenvalue weighted by molar-refractivity contribution is 5.78. The Morgan fingerprint density at radius 2 is 1.89 bits per heavy atom. The number of carbonyl (C=O) groups excluding carboxylic acids is 1. The molecule has 3 rings (SSSR count). The van der Waals surface area contributed by atoms with Crippen LogP contribution < -0.4 is 4.74 Å². The lowest BCUT2D eigenvalue weighted by atomic mass is 9.93. The molecule has 5 heteroatoms. The molecule has 1 amide bonds. The Kier molecular flexibility index (Phi) is 6.43. The van der Waals surface area contributed by atoms with Gasteiger partial charge >= 0.3 is 0 Å². The van der Waals surface area contributed by atoms with Crippen molar-refractivity contribution in [2.24, 2.45) is 0 Å². The Bertz CT molecular complexity index is 808. The molecule has 0 bridgehead atoms. The van der Waals surface area contributed by atoms with Crippen LogP contribution in [0.3, 0.4) is 0 Å². The number of hydrogen-bond donors (Lipinski definition) is 0. The molecule has 0 unspecified atom stereocenters. The molecule has 1 aliphatic rings. The van der Waals surface area contributed by atoms with Crippen LogP contribution in [-0.4, -0.2) is 23.5 Å². The van der Waals surface area contributed by atoms with Crippen LogP contribution in [0.1, 0.15) is 43.2 Å². The molecular formula is C22H23FN2O2. The molecule has 0 radical (unpaired) electrons. The van der Waals surface area contributed by atoms with Gasteiger partial charge in [-0.1, -0.05) is 37.5 Å². The maximum Gasteiger partial charge on any atom is 0.261 e. The normalized spacial score (nSPS) is 14.4. The first kappa shape index (κ1) is 18.9. The second kappa shape index (κ2) is 9.18. The lowest BCUT2D eigenvalue weighted by Crippen LogP contribution is -2.43. The highest BCUT2D eigenvalue weighted by Crippen LogP contribution is 2.25. The predicted octanol–water partition coefficient (Wildman–Crippen LogP) is 4.44.